The van der Waals surface area contributed by atoms with Crippen LogP contribution in [0.25, 0.3) is 0 Å². The number of aromatic hydroxyl groups is 1. The van der Waals surface area contributed by atoms with E-state index in [2.05, 4.69) is 0 Å². The van der Waals surface area contributed by atoms with Crippen LogP contribution in [0.15, 0.2) is 18.2 Å². The number of aliphatic hydroxyl groups excluding tert-OH is 3. The zero-order valence-corrected chi connectivity index (χ0v) is 11.8. The Morgan fingerprint density at radius 3 is 2.43 bits per heavy atom. The lowest BCUT2D eigenvalue weighted by Gasteiger charge is -2.17. The molecule has 7 nitrogen and oxygen atoms in total. The molecule has 21 heavy (non-hydrogen) atoms. The van der Waals surface area contributed by atoms with E-state index in [4.69, 9.17) is 14.6 Å². The number of aldehydes is 1. The number of ether oxygens (including phenoxy) is 2. The highest BCUT2D eigenvalue weighted by molar-refractivity contribution is 5.76. The predicted octanol–water partition coefficient (Wildman–Crippen LogP) is 0.0487. The van der Waals surface area contributed by atoms with Crippen molar-refractivity contribution in [2.45, 2.75) is 38.4 Å². The molecule has 2 rings (SSSR count). The maximum Gasteiger partial charge on any atom is 0.229 e. The molecule has 1 saturated heterocycles. The van der Waals surface area contributed by atoms with Crippen LogP contribution in [-0.2, 0) is 4.74 Å². The van der Waals surface area contributed by atoms with Gasteiger partial charge in [0.1, 0.15) is 24.6 Å². The summed E-state index contributed by atoms with van der Waals surface area (Å²) in [6, 6.07) is 3.96. The molecule has 7 heteroatoms. The van der Waals surface area contributed by atoms with Crippen molar-refractivity contribution in [1.82, 2.24) is 0 Å². The van der Waals surface area contributed by atoms with Crippen molar-refractivity contribution < 1.29 is 34.7 Å². The maximum atomic E-state index is 10.5. The first-order chi connectivity index (χ1) is 10.1. The van der Waals surface area contributed by atoms with Gasteiger partial charge in [0, 0.05) is 5.56 Å². The highest BCUT2D eigenvalue weighted by atomic mass is 16.7. The lowest BCUT2D eigenvalue weighted by atomic mass is 10.1. The molecule has 0 spiro atoms. The van der Waals surface area contributed by atoms with Gasteiger partial charge in [0.05, 0.1) is 6.61 Å². The van der Waals surface area contributed by atoms with Gasteiger partial charge in [0.25, 0.3) is 0 Å². The molecular formula is C14H20O7. The molecule has 1 aliphatic heterocycles. The molecule has 1 fully saturated rings. The van der Waals surface area contributed by atoms with Crippen LogP contribution in [0.5, 0.6) is 11.5 Å². The van der Waals surface area contributed by atoms with E-state index < -0.39 is 31.2 Å². The zero-order chi connectivity index (χ0) is 16.0. The maximum absolute atomic E-state index is 10.5. The SMILES string of the molecule is CC.O=Cc1ccc(OC2OC(CO)C(O)C2O)c(O)c1. The minimum absolute atomic E-state index is 0.000407. The van der Waals surface area contributed by atoms with E-state index in [1.54, 1.807) is 0 Å². The number of hydrogen-bond acceptors (Lipinski definition) is 7. The molecule has 4 N–H and O–H groups in total. The van der Waals surface area contributed by atoms with Crippen LogP contribution < -0.4 is 4.74 Å². The molecule has 4 atom stereocenters. The van der Waals surface area contributed by atoms with Gasteiger partial charge in [-0.1, -0.05) is 13.8 Å². The Hall–Kier alpha value is -1.67. The quantitative estimate of drug-likeness (QED) is 0.580. The zero-order valence-electron chi connectivity index (χ0n) is 11.8. The van der Waals surface area contributed by atoms with Gasteiger partial charge in [-0.25, -0.2) is 0 Å². The van der Waals surface area contributed by atoms with Crippen molar-refractivity contribution >= 4 is 6.29 Å². The molecule has 1 aliphatic rings. The van der Waals surface area contributed by atoms with Crippen LogP contribution in [0.4, 0.5) is 0 Å². The molecule has 1 heterocycles. The predicted molar refractivity (Wildman–Crippen MR) is 73.2 cm³/mol. The highest BCUT2D eigenvalue weighted by Crippen LogP contribution is 2.31. The first kappa shape index (κ1) is 17.4. The average Bonchev–Trinajstić information content (AvgIpc) is 2.79. The average molecular weight is 300 g/mol. The lowest BCUT2D eigenvalue weighted by molar-refractivity contribution is -0.117. The molecule has 0 aromatic heterocycles. The van der Waals surface area contributed by atoms with Crippen LogP contribution >= 0.6 is 0 Å². The Labute approximate surface area is 122 Å². The van der Waals surface area contributed by atoms with Gasteiger partial charge in [0.2, 0.25) is 6.29 Å². The minimum atomic E-state index is -1.35. The summed E-state index contributed by atoms with van der Waals surface area (Å²) in [5, 5.41) is 37.7. The van der Waals surface area contributed by atoms with Crippen molar-refractivity contribution in [2.75, 3.05) is 6.61 Å². The largest absolute Gasteiger partial charge is 0.504 e. The molecule has 118 valence electrons. The van der Waals surface area contributed by atoms with E-state index in [0.717, 1.165) is 0 Å². The number of rotatable bonds is 4. The molecule has 0 amide bonds. The first-order valence-electron chi connectivity index (χ1n) is 6.64. The van der Waals surface area contributed by atoms with Crippen LogP contribution in [0, 0.1) is 0 Å². The van der Waals surface area contributed by atoms with Gasteiger partial charge in [-0.2, -0.15) is 0 Å². The topological polar surface area (TPSA) is 116 Å². The standard InChI is InChI=1S/C12H14O7.C2H6/c13-4-6-1-2-8(7(15)3-6)18-12-11(17)10(16)9(5-14)19-12;1-2/h1-4,9-12,14-17H,5H2;1-2H3. The van der Waals surface area contributed by atoms with E-state index in [0.29, 0.717) is 6.29 Å². The van der Waals surface area contributed by atoms with Gasteiger partial charge < -0.3 is 29.9 Å². The number of aliphatic hydroxyl groups is 3. The third kappa shape index (κ3) is 3.92. The van der Waals surface area contributed by atoms with Gasteiger partial charge >= 0.3 is 0 Å². The summed E-state index contributed by atoms with van der Waals surface area (Å²) in [6.07, 6.45) is -4.21. The summed E-state index contributed by atoms with van der Waals surface area (Å²) in [5.41, 5.74) is 0.269. The number of phenolic OH excluding ortho intramolecular Hbond substituents is 1. The third-order valence-electron chi connectivity index (χ3n) is 2.86. The first-order valence-corrected chi connectivity index (χ1v) is 6.64. The fourth-order valence-electron chi connectivity index (χ4n) is 1.80. The summed E-state index contributed by atoms with van der Waals surface area (Å²) in [5.74, 6) is -0.289. The van der Waals surface area contributed by atoms with Gasteiger partial charge in [-0.3, -0.25) is 4.79 Å². The molecule has 1 aromatic carbocycles. The fraction of sp³-hybridized carbons (Fsp3) is 0.500. The molecule has 0 radical (unpaired) electrons. The monoisotopic (exact) mass is 300 g/mol. The van der Waals surface area contributed by atoms with Crippen molar-refractivity contribution in [3.63, 3.8) is 0 Å². The Balaban J connectivity index is 0.00000106. The Kier molecular flexibility index (Phi) is 6.57. The van der Waals surface area contributed by atoms with Crippen LogP contribution in [-0.4, -0.2) is 57.9 Å². The number of carbonyl (C=O) groups is 1. The second kappa shape index (κ2) is 7.94. The van der Waals surface area contributed by atoms with E-state index in [1.165, 1.54) is 18.2 Å². The van der Waals surface area contributed by atoms with E-state index >= 15 is 0 Å². The smallest absolute Gasteiger partial charge is 0.229 e. The van der Waals surface area contributed by atoms with E-state index in [9.17, 15) is 20.1 Å². The van der Waals surface area contributed by atoms with Crippen molar-refractivity contribution in [2.24, 2.45) is 0 Å². The van der Waals surface area contributed by atoms with Crippen molar-refractivity contribution in [1.29, 1.82) is 0 Å². The summed E-state index contributed by atoms with van der Waals surface area (Å²) >= 11 is 0. The van der Waals surface area contributed by atoms with Gasteiger partial charge in [-0.05, 0) is 18.2 Å². The minimum Gasteiger partial charge on any atom is -0.504 e. The molecule has 1 aromatic rings. The lowest BCUT2D eigenvalue weighted by Crippen LogP contribution is -2.35. The fourth-order valence-corrected chi connectivity index (χ4v) is 1.80. The summed E-state index contributed by atoms with van der Waals surface area (Å²) in [7, 11) is 0. The molecule has 0 saturated carbocycles. The normalized spacial score (nSPS) is 27.7. The number of hydrogen-bond donors (Lipinski definition) is 4. The van der Waals surface area contributed by atoms with Crippen molar-refractivity contribution in [3.8, 4) is 11.5 Å². The van der Waals surface area contributed by atoms with E-state index in [1.807, 2.05) is 13.8 Å². The summed E-state index contributed by atoms with van der Waals surface area (Å²) in [4.78, 5) is 10.5. The van der Waals surface area contributed by atoms with Gasteiger partial charge in [0.15, 0.2) is 11.5 Å². The number of phenols is 1. The van der Waals surface area contributed by atoms with Crippen molar-refractivity contribution in [3.05, 3.63) is 23.8 Å². The molecule has 4 unspecified atom stereocenters. The number of carbonyl (C=O) groups excluding carboxylic acids is 1. The second-order valence-electron chi connectivity index (χ2n) is 4.17. The Bertz CT molecular complexity index is 463. The van der Waals surface area contributed by atoms with Crippen LogP contribution in [0.3, 0.4) is 0 Å². The summed E-state index contributed by atoms with van der Waals surface area (Å²) < 4.78 is 10.3. The molecular weight excluding hydrogens is 280 g/mol. The summed E-state index contributed by atoms with van der Waals surface area (Å²) in [6.45, 7) is 3.54. The Morgan fingerprint density at radius 1 is 1.29 bits per heavy atom. The van der Waals surface area contributed by atoms with E-state index in [-0.39, 0.29) is 17.1 Å². The molecule has 0 aliphatic carbocycles. The van der Waals surface area contributed by atoms with Gasteiger partial charge in [-0.15, -0.1) is 0 Å². The highest BCUT2D eigenvalue weighted by Gasteiger charge is 2.44. The van der Waals surface area contributed by atoms with Crippen LogP contribution in [0.2, 0.25) is 0 Å². The number of benzene rings is 1. The third-order valence-corrected chi connectivity index (χ3v) is 2.86. The Morgan fingerprint density at radius 2 is 1.95 bits per heavy atom. The van der Waals surface area contributed by atoms with Crippen LogP contribution in [0.1, 0.15) is 24.2 Å². The second-order valence-corrected chi connectivity index (χ2v) is 4.17. The molecule has 0 bridgehead atoms.